The van der Waals surface area contributed by atoms with Crippen LogP contribution in [0.2, 0.25) is 0 Å². The summed E-state index contributed by atoms with van der Waals surface area (Å²) in [6.45, 7) is 0. The number of aliphatic hydroxyl groups is 1. The molecule has 0 aliphatic rings. The first kappa shape index (κ1) is 15.6. The largest absolute Gasteiger partial charge is 0.400 e. The SMILES string of the molecule is CO.O=[N+]([O-])[O-].[Nd]. The van der Waals surface area contributed by atoms with Gasteiger partial charge in [-0.25, -0.2) is 0 Å². The van der Waals surface area contributed by atoms with E-state index < -0.39 is 5.09 Å². The van der Waals surface area contributed by atoms with Gasteiger partial charge in [-0.2, -0.15) is 0 Å². The molecule has 0 amide bonds. The van der Waals surface area contributed by atoms with Crippen LogP contribution in [0.4, 0.5) is 0 Å². The zero-order valence-electron chi connectivity index (χ0n) is 3.62. The monoisotopic (exact) mass is 236 g/mol. The molecular weight excluding hydrogens is 234 g/mol. The minimum Gasteiger partial charge on any atom is -0.400 e. The van der Waals surface area contributed by atoms with Gasteiger partial charge in [-0.05, 0) is 0 Å². The van der Waals surface area contributed by atoms with Crippen LogP contribution in [0.5, 0.6) is 0 Å². The minimum absolute atomic E-state index is 0. The smallest absolute Gasteiger partial charge is 0.0689 e. The van der Waals surface area contributed by atoms with Crippen LogP contribution in [0.15, 0.2) is 0 Å². The van der Waals surface area contributed by atoms with E-state index >= 15 is 0 Å². The maximum Gasteiger partial charge on any atom is 0.0689 e. The molecule has 0 fully saturated rings. The molecule has 0 heterocycles. The summed E-state index contributed by atoms with van der Waals surface area (Å²) in [4.78, 5) is 8.25. The van der Waals surface area contributed by atoms with E-state index in [1.54, 1.807) is 0 Å². The van der Waals surface area contributed by atoms with Crippen molar-refractivity contribution in [3.63, 3.8) is 0 Å². The molecule has 1 N–H and O–H groups in total. The van der Waals surface area contributed by atoms with Gasteiger partial charge in [0.15, 0.2) is 0 Å². The molecule has 42 valence electrons. The van der Waals surface area contributed by atoms with E-state index in [4.69, 9.17) is 20.4 Å². The molecule has 0 aromatic rings. The first-order chi connectivity index (χ1) is 2.73. The molecule has 0 atom stereocenters. The van der Waals surface area contributed by atoms with Crippen LogP contribution in [0.25, 0.3) is 0 Å². The maximum absolute atomic E-state index is 8.25. The van der Waals surface area contributed by atoms with Gasteiger partial charge in [0.05, 0.1) is 5.09 Å². The summed E-state index contributed by atoms with van der Waals surface area (Å²) >= 11 is 0. The third-order valence-electron chi connectivity index (χ3n) is 0. The summed E-state index contributed by atoms with van der Waals surface area (Å²) in [5, 5.41) is 21.8. The zero-order chi connectivity index (χ0) is 5.58. The van der Waals surface area contributed by atoms with E-state index in [0.29, 0.717) is 0 Å². The summed E-state index contributed by atoms with van der Waals surface area (Å²) in [5.74, 6) is 0. The summed E-state index contributed by atoms with van der Waals surface area (Å²) in [6, 6.07) is 0. The first-order valence-electron chi connectivity index (χ1n) is 0.995. The van der Waals surface area contributed by atoms with E-state index in [-0.39, 0.29) is 40.8 Å². The van der Waals surface area contributed by atoms with Crippen molar-refractivity contribution < 1.29 is 51.0 Å². The van der Waals surface area contributed by atoms with Crippen LogP contribution in [-0.4, -0.2) is 17.3 Å². The van der Waals surface area contributed by atoms with Gasteiger partial charge in [0, 0.05) is 47.9 Å². The van der Waals surface area contributed by atoms with Gasteiger partial charge in [0.1, 0.15) is 0 Å². The Bertz CT molecular complexity index is 34.7. The van der Waals surface area contributed by atoms with Gasteiger partial charge in [-0.15, -0.1) is 0 Å². The van der Waals surface area contributed by atoms with Crippen molar-refractivity contribution in [1.82, 2.24) is 0 Å². The molecule has 7 heavy (non-hydrogen) atoms. The van der Waals surface area contributed by atoms with Crippen molar-refractivity contribution in [2.24, 2.45) is 0 Å². The van der Waals surface area contributed by atoms with E-state index in [2.05, 4.69) is 0 Å². The number of aliphatic hydroxyl groups excluding tert-OH is 1. The molecule has 0 saturated heterocycles. The van der Waals surface area contributed by atoms with Gasteiger partial charge < -0.3 is 20.4 Å². The molecule has 0 aromatic carbocycles. The number of hydrogen-bond acceptors (Lipinski definition) is 4. The molecule has 0 unspecified atom stereocenters. The molecule has 5 nitrogen and oxygen atoms in total. The fourth-order valence-corrected chi connectivity index (χ4v) is 0. The van der Waals surface area contributed by atoms with Gasteiger partial charge in [0.2, 0.25) is 0 Å². The van der Waals surface area contributed by atoms with E-state index in [1.807, 2.05) is 0 Å². The van der Waals surface area contributed by atoms with Crippen LogP contribution in [0.3, 0.4) is 0 Å². The summed E-state index contributed by atoms with van der Waals surface area (Å²) < 4.78 is 0. The second-order valence-corrected chi connectivity index (χ2v) is 0.224. The van der Waals surface area contributed by atoms with Crippen LogP contribution >= 0.6 is 0 Å². The molecule has 0 rings (SSSR count). The van der Waals surface area contributed by atoms with Crippen molar-refractivity contribution in [3.8, 4) is 0 Å². The molecule has 0 spiro atoms. The Balaban J connectivity index is -0.0000000480. The standard InChI is InChI=1S/CH4O.NO3.Nd/c1-2;2-1(3)4;/h2H,1H3;;/q;-1;. The second-order valence-electron chi connectivity index (χ2n) is 0.224. The number of nitrogens with zero attached hydrogens (tertiary/aromatic N) is 1. The normalized spacial score (nSPS) is 4.29. The molecule has 0 bridgehead atoms. The Labute approximate surface area is 73.0 Å². The third-order valence-corrected chi connectivity index (χ3v) is 0. The van der Waals surface area contributed by atoms with E-state index in [1.165, 1.54) is 0 Å². The summed E-state index contributed by atoms with van der Waals surface area (Å²) in [7, 11) is 1.00. The molecule has 0 aliphatic heterocycles. The molecule has 0 aliphatic carbocycles. The molecule has 6 heteroatoms. The minimum atomic E-state index is -1.75. The summed E-state index contributed by atoms with van der Waals surface area (Å²) in [6.07, 6.45) is 0. The average Bonchev–Trinajstić information content (AvgIpc) is 1.41. The van der Waals surface area contributed by atoms with Crippen molar-refractivity contribution in [1.29, 1.82) is 0 Å². The molecule has 0 aromatic heterocycles. The fraction of sp³-hybridized carbons (Fsp3) is 1.00. The van der Waals surface area contributed by atoms with Gasteiger partial charge in [0.25, 0.3) is 0 Å². The van der Waals surface area contributed by atoms with Crippen LogP contribution in [0.1, 0.15) is 0 Å². The summed E-state index contributed by atoms with van der Waals surface area (Å²) in [5.41, 5.74) is 0. The average molecular weight is 238 g/mol. The maximum atomic E-state index is 8.25. The quantitative estimate of drug-likeness (QED) is 0.449. The van der Waals surface area contributed by atoms with Gasteiger partial charge in [-0.1, -0.05) is 0 Å². The third kappa shape index (κ3) is 508. The Kier molecular flexibility index (Phi) is 35.9. The van der Waals surface area contributed by atoms with Crippen molar-refractivity contribution in [3.05, 3.63) is 15.3 Å². The molecular formula is CH4NNdO4-. The van der Waals surface area contributed by atoms with Crippen molar-refractivity contribution >= 4 is 0 Å². The Hall–Kier alpha value is 0.511. The number of hydrogen-bond donors (Lipinski definition) is 1. The van der Waals surface area contributed by atoms with Crippen molar-refractivity contribution in [2.75, 3.05) is 7.11 Å². The van der Waals surface area contributed by atoms with Crippen LogP contribution in [0, 0.1) is 56.2 Å². The van der Waals surface area contributed by atoms with Crippen LogP contribution < -0.4 is 0 Å². The van der Waals surface area contributed by atoms with Gasteiger partial charge in [-0.3, -0.25) is 0 Å². The second kappa shape index (κ2) is 16.0. The molecule has 0 saturated carbocycles. The predicted molar refractivity (Wildman–Crippen MR) is 18.5 cm³/mol. The van der Waals surface area contributed by atoms with Crippen molar-refractivity contribution in [2.45, 2.75) is 0 Å². The Morgan fingerprint density at radius 1 is 1.43 bits per heavy atom. The topological polar surface area (TPSA) is 86.4 Å². The van der Waals surface area contributed by atoms with Gasteiger partial charge >= 0.3 is 0 Å². The number of rotatable bonds is 0. The van der Waals surface area contributed by atoms with E-state index in [0.717, 1.165) is 7.11 Å². The Morgan fingerprint density at radius 3 is 1.43 bits per heavy atom. The first-order valence-corrected chi connectivity index (χ1v) is 0.995. The van der Waals surface area contributed by atoms with Crippen LogP contribution in [-0.2, 0) is 0 Å². The molecule has 0 radical (unpaired) electrons. The van der Waals surface area contributed by atoms with E-state index in [9.17, 15) is 0 Å². The fourth-order valence-electron chi connectivity index (χ4n) is 0. The Morgan fingerprint density at radius 2 is 1.43 bits per heavy atom. The predicted octanol–water partition coefficient (Wildman–Crippen LogP) is -0.631. The zero-order valence-corrected chi connectivity index (χ0v) is 6.83.